The summed E-state index contributed by atoms with van der Waals surface area (Å²) in [6.45, 7) is 0. The van der Waals surface area contributed by atoms with Crippen molar-refractivity contribution in [2.24, 2.45) is 0 Å². The van der Waals surface area contributed by atoms with Gasteiger partial charge in [0.25, 0.3) is 0 Å². The van der Waals surface area contributed by atoms with Crippen molar-refractivity contribution in [3.63, 3.8) is 0 Å². The topological polar surface area (TPSA) is 41.6 Å². The predicted molar refractivity (Wildman–Crippen MR) is 77.0 cm³/mol. The van der Waals surface area contributed by atoms with Crippen LogP contribution in [0.1, 0.15) is 5.56 Å². The summed E-state index contributed by atoms with van der Waals surface area (Å²) >= 11 is 8.88. The molecule has 0 unspecified atom stereocenters. The predicted octanol–water partition coefficient (Wildman–Crippen LogP) is 5.06. The van der Waals surface area contributed by atoms with Crippen LogP contribution in [0, 0.1) is 0 Å². The molecule has 0 aliphatic carbocycles. The zero-order valence-corrected chi connectivity index (χ0v) is 12.5. The molecule has 3 rings (SSSR count). The van der Waals surface area contributed by atoms with Gasteiger partial charge in [-0.2, -0.15) is 13.2 Å². The van der Waals surface area contributed by atoms with Crippen LogP contribution >= 0.6 is 27.5 Å². The van der Waals surface area contributed by atoms with Gasteiger partial charge in [0, 0.05) is 11.8 Å². The van der Waals surface area contributed by atoms with Crippen molar-refractivity contribution in [3.8, 4) is 11.4 Å². The normalized spacial score (nSPS) is 12.0. The second-order valence-corrected chi connectivity index (χ2v) is 5.52. The molecule has 0 aliphatic rings. The second kappa shape index (κ2) is 4.99. The zero-order valence-electron chi connectivity index (χ0n) is 10.2. The lowest BCUT2D eigenvalue weighted by Crippen LogP contribution is -2.05. The molecule has 0 atom stereocenters. The van der Waals surface area contributed by atoms with Crippen LogP contribution in [0.4, 0.5) is 13.2 Å². The molecule has 0 saturated heterocycles. The van der Waals surface area contributed by atoms with Gasteiger partial charge in [-0.05, 0) is 40.2 Å². The standard InChI is InChI=1S/C13H6BrClF3N3/c14-11-2-1-6(5-19-11)12-20-9-3-7(13(16,17)18)8(15)4-10(9)21-12/h1-5H,(H,20,21). The number of alkyl halides is 3. The molecule has 0 aliphatic heterocycles. The highest BCUT2D eigenvalue weighted by Crippen LogP contribution is 2.37. The molecule has 0 bridgehead atoms. The van der Waals surface area contributed by atoms with Gasteiger partial charge in [0.2, 0.25) is 0 Å². The van der Waals surface area contributed by atoms with E-state index in [1.54, 1.807) is 18.3 Å². The Morgan fingerprint density at radius 2 is 1.95 bits per heavy atom. The minimum absolute atomic E-state index is 0.268. The number of halogens is 5. The van der Waals surface area contributed by atoms with Gasteiger partial charge < -0.3 is 4.98 Å². The van der Waals surface area contributed by atoms with Crippen molar-refractivity contribution in [2.45, 2.75) is 6.18 Å². The summed E-state index contributed by atoms with van der Waals surface area (Å²) in [6, 6.07) is 5.63. The maximum absolute atomic E-state index is 12.8. The van der Waals surface area contributed by atoms with Gasteiger partial charge in [-0.3, -0.25) is 0 Å². The van der Waals surface area contributed by atoms with Crippen molar-refractivity contribution < 1.29 is 13.2 Å². The third kappa shape index (κ3) is 2.75. The minimum Gasteiger partial charge on any atom is -0.338 e. The molecule has 1 N–H and O–H groups in total. The van der Waals surface area contributed by atoms with Crippen LogP contribution in [0.25, 0.3) is 22.4 Å². The van der Waals surface area contributed by atoms with Gasteiger partial charge in [-0.15, -0.1) is 0 Å². The molecule has 3 aromatic rings. The molecule has 0 saturated carbocycles. The van der Waals surface area contributed by atoms with Crippen LogP contribution in [-0.4, -0.2) is 15.0 Å². The Bertz CT molecular complexity index is 812. The third-order valence-corrected chi connectivity index (χ3v) is 3.66. The summed E-state index contributed by atoms with van der Waals surface area (Å²) < 4.78 is 39.1. The average Bonchev–Trinajstić information content (AvgIpc) is 2.80. The van der Waals surface area contributed by atoms with Crippen molar-refractivity contribution in [2.75, 3.05) is 0 Å². The fraction of sp³-hybridized carbons (Fsp3) is 0.0769. The highest BCUT2D eigenvalue weighted by atomic mass is 79.9. The number of imidazole rings is 1. The van der Waals surface area contributed by atoms with E-state index >= 15 is 0 Å². The Hall–Kier alpha value is -1.60. The van der Waals surface area contributed by atoms with E-state index in [0.29, 0.717) is 21.5 Å². The lowest BCUT2D eigenvalue weighted by molar-refractivity contribution is -0.137. The third-order valence-electron chi connectivity index (χ3n) is 2.88. The van der Waals surface area contributed by atoms with Crippen LogP contribution in [0.5, 0.6) is 0 Å². The van der Waals surface area contributed by atoms with Gasteiger partial charge in [-0.25, -0.2) is 9.97 Å². The van der Waals surface area contributed by atoms with E-state index in [2.05, 4.69) is 30.9 Å². The Balaban J connectivity index is 2.14. The smallest absolute Gasteiger partial charge is 0.338 e. The monoisotopic (exact) mass is 375 g/mol. The van der Waals surface area contributed by atoms with Gasteiger partial charge >= 0.3 is 6.18 Å². The van der Waals surface area contributed by atoms with E-state index in [9.17, 15) is 13.2 Å². The summed E-state index contributed by atoms with van der Waals surface area (Å²) in [7, 11) is 0. The van der Waals surface area contributed by atoms with Crippen LogP contribution in [0.15, 0.2) is 35.1 Å². The first-order chi connectivity index (χ1) is 9.84. The van der Waals surface area contributed by atoms with Gasteiger partial charge in [-0.1, -0.05) is 11.6 Å². The number of H-pyrrole nitrogens is 1. The van der Waals surface area contributed by atoms with Gasteiger partial charge in [0.05, 0.1) is 21.6 Å². The quantitative estimate of drug-likeness (QED) is 0.603. The van der Waals surface area contributed by atoms with E-state index in [1.165, 1.54) is 6.07 Å². The molecule has 2 aromatic heterocycles. The molecular formula is C13H6BrClF3N3. The van der Waals surface area contributed by atoms with E-state index < -0.39 is 11.7 Å². The second-order valence-electron chi connectivity index (χ2n) is 4.30. The van der Waals surface area contributed by atoms with Crippen molar-refractivity contribution in [1.29, 1.82) is 0 Å². The van der Waals surface area contributed by atoms with Crippen molar-refractivity contribution in [3.05, 3.63) is 45.7 Å². The van der Waals surface area contributed by atoms with E-state index in [4.69, 9.17) is 11.6 Å². The van der Waals surface area contributed by atoms with E-state index in [0.717, 1.165) is 6.07 Å². The molecule has 0 fully saturated rings. The highest BCUT2D eigenvalue weighted by Gasteiger charge is 2.33. The Morgan fingerprint density at radius 1 is 1.19 bits per heavy atom. The first-order valence-electron chi connectivity index (χ1n) is 5.73. The summed E-state index contributed by atoms with van der Waals surface area (Å²) in [5.41, 5.74) is 0.412. The van der Waals surface area contributed by atoms with Crippen molar-refractivity contribution in [1.82, 2.24) is 15.0 Å². The van der Waals surface area contributed by atoms with E-state index in [1.807, 2.05) is 0 Å². The number of aromatic amines is 1. The molecule has 0 spiro atoms. The SMILES string of the molecule is FC(F)(F)c1cc2[nH]c(-c3ccc(Br)nc3)nc2cc1Cl. The maximum atomic E-state index is 12.8. The first-order valence-corrected chi connectivity index (χ1v) is 6.90. The zero-order chi connectivity index (χ0) is 15.2. The summed E-state index contributed by atoms with van der Waals surface area (Å²) in [5, 5.41) is -0.373. The molecule has 2 heterocycles. The van der Waals surface area contributed by atoms with Gasteiger partial charge in [0.1, 0.15) is 10.4 Å². The molecule has 1 aromatic carbocycles. The largest absolute Gasteiger partial charge is 0.417 e. The van der Waals surface area contributed by atoms with Gasteiger partial charge in [0.15, 0.2) is 0 Å². The van der Waals surface area contributed by atoms with Crippen LogP contribution in [-0.2, 0) is 6.18 Å². The number of pyridine rings is 1. The maximum Gasteiger partial charge on any atom is 0.417 e. The fourth-order valence-electron chi connectivity index (χ4n) is 1.90. The molecule has 108 valence electrons. The summed E-state index contributed by atoms with van der Waals surface area (Å²) in [5.74, 6) is 0.431. The summed E-state index contributed by atoms with van der Waals surface area (Å²) in [4.78, 5) is 11.1. The highest BCUT2D eigenvalue weighted by molar-refractivity contribution is 9.10. The molecule has 21 heavy (non-hydrogen) atoms. The number of nitrogens with one attached hydrogen (secondary N) is 1. The number of benzene rings is 1. The van der Waals surface area contributed by atoms with E-state index in [-0.39, 0.29) is 10.5 Å². The molecular weight excluding hydrogens is 371 g/mol. The number of aromatic nitrogens is 3. The fourth-order valence-corrected chi connectivity index (χ4v) is 2.40. The number of fused-ring (bicyclic) bond motifs is 1. The average molecular weight is 377 g/mol. The van der Waals surface area contributed by atoms with Crippen LogP contribution in [0.3, 0.4) is 0 Å². The lowest BCUT2D eigenvalue weighted by Gasteiger charge is -2.07. The number of hydrogen-bond acceptors (Lipinski definition) is 2. The molecule has 0 radical (unpaired) electrons. The molecule has 3 nitrogen and oxygen atoms in total. The first kappa shape index (κ1) is 14.3. The molecule has 0 amide bonds. The minimum atomic E-state index is -4.50. The Morgan fingerprint density at radius 3 is 2.57 bits per heavy atom. The number of rotatable bonds is 1. The van der Waals surface area contributed by atoms with Crippen molar-refractivity contribution >= 4 is 38.6 Å². The Labute approximate surface area is 130 Å². The summed E-state index contributed by atoms with van der Waals surface area (Å²) in [6.07, 6.45) is -2.94. The Kier molecular flexibility index (Phi) is 3.41. The number of hydrogen-bond donors (Lipinski definition) is 1. The van der Waals surface area contributed by atoms with Crippen LogP contribution in [0.2, 0.25) is 5.02 Å². The molecule has 8 heteroatoms. The lowest BCUT2D eigenvalue weighted by atomic mass is 10.2. The van der Waals surface area contributed by atoms with Crippen LogP contribution < -0.4 is 0 Å². The number of nitrogens with zero attached hydrogens (tertiary/aromatic N) is 2.